The van der Waals surface area contributed by atoms with Gasteiger partial charge < -0.3 is 36.3 Å². The second kappa shape index (κ2) is 17.2. The molecule has 0 radical (unpaired) electrons. The number of carbonyl (C=O) groups excluding carboxylic acids is 2. The molecule has 0 aliphatic rings. The van der Waals surface area contributed by atoms with Gasteiger partial charge >= 0.3 is 7.60 Å². The molecule has 5 rings (SSSR count). The summed E-state index contributed by atoms with van der Waals surface area (Å²) < 4.78 is 55.9. The smallest absolute Gasteiger partial charge is 0.415 e. The van der Waals surface area contributed by atoms with Crippen molar-refractivity contribution in [1.29, 1.82) is 0 Å². The first-order valence-corrected chi connectivity index (χ1v) is 19.5. The number of rotatable bonds is 16. The largest absolute Gasteiger partial charge is 0.453 e. The molecule has 14 nitrogen and oxygen atoms in total. The minimum atomic E-state index is -4.35. The van der Waals surface area contributed by atoms with Crippen LogP contribution in [0.3, 0.4) is 0 Å². The van der Waals surface area contributed by atoms with Crippen LogP contribution in [-0.4, -0.2) is 55.8 Å². The van der Waals surface area contributed by atoms with Crippen molar-refractivity contribution >= 4 is 51.9 Å². The number of nitrogens with one attached hydrogen (secondary N) is 3. The van der Waals surface area contributed by atoms with E-state index in [9.17, 15) is 27.7 Å². The monoisotopic (exact) mass is 758 g/mol. The average molecular weight is 759 g/mol. The lowest BCUT2D eigenvalue weighted by atomic mass is 10.1. The van der Waals surface area contributed by atoms with Crippen LogP contribution in [0.25, 0.3) is 10.8 Å². The van der Waals surface area contributed by atoms with Crippen LogP contribution in [0.2, 0.25) is 0 Å². The fourth-order valence-corrected chi connectivity index (χ4v) is 8.51. The molecule has 0 spiro atoms. The summed E-state index contributed by atoms with van der Waals surface area (Å²) in [6.07, 6.45) is -0.0739. The molecule has 53 heavy (non-hydrogen) atoms. The summed E-state index contributed by atoms with van der Waals surface area (Å²) in [5.41, 5.74) is 12.1. The van der Waals surface area contributed by atoms with E-state index in [1.807, 2.05) is 0 Å². The zero-order chi connectivity index (χ0) is 38.0. The number of hydrogen-bond acceptors (Lipinski definition) is 9. The van der Waals surface area contributed by atoms with Gasteiger partial charge in [0.05, 0.1) is 17.2 Å². The molecule has 0 bridgehead atoms. The molecule has 0 fully saturated rings. The van der Waals surface area contributed by atoms with Crippen molar-refractivity contribution in [2.24, 2.45) is 16.5 Å². The fourth-order valence-electron chi connectivity index (χ4n) is 5.25. The van der Waals surface area contributed by atoms with Gasteiger partial charge in [-0.05, 0) is 60.3 Å². The molecule has 0 aromatic heterocycles. The molecular formula is C37H39N6O8PS. The van der Waals surface area contributed by atoms with E-state index < -0.39 is 53.9 Å². The predicted octanol–water partition coefficient (Wildman–Crippen LogP) is 3.92. The molecule has 276 valence electrons. The van der Waals surface area contributed by atoms with E-state index in [0.717, 1.165) is 0 Å². The van der Waals surface area contributed by atoms with Crippen LogP contribution in [0, 0.1) is 0 Å². The van der Waals surface area contributed by atoms with Gasteiger partial charge in [-0.2, -0.15) is 4.72 Å². The number of hydrogen-bond donors (Lipinski definition) is 6. The number of aliphatic imine (C=N–C) groups is 1. The number of aliphatic hydroxyl groups excluding tert-OH is 1. The van der Waals surface area contributed by atoms with Gasteiger partial charge in [0.1, 0.15) is 23.6 Å². The highest BCUT2D eigenvalue weighted by Gasteiger charge is 2.42. The molecule has 1 unspecified atom stereocenters. The Labute approximate surface area is 306 Å². The second-order valence-corrected chi connectivity index (χ2v) is 15.6. The van der Waals surface area contributed by atoms with E-state index >= 15 is 0 Å². The maximum absolute atomic E-state index is 14.9. The molecule has 2 amide bonds. The van der Waals surface area contributed by atoms with Crippen LogP contribution in [0.15, 0.2) is 137 Å². The van der Waals surface area contributed by atoms with Gasteiger partial charge in [0.2, 0.25) is 21.8 Å². The van der Waals surface area contributed by atoms with Crippen molar-refractivity contribution in [2.45, 2.75) is 36.1 Å². The Kier molecular flexibility index (Phi) is 12.5. The summed E-state index contributed by atoms with van der Waals surface area (Å²) in [6, 6.07) is 31.7. The van der Waals surface area contributed by atoms with Crippen molar-refractivity contribution in [3.8, 4) is 11.5 Å². The summed E-state index contributed by atoms with van der Waals surface area (Å²) in [4.78, 5) is 31.0. The summed E-state index contributed by atoms with van der Waals surface area (Å²) in [5, 5.41) is 16.3. The number of aliphatic hydroxyl groups is 1. The number of benzene rings is 5. The van der Waals surface area contributed by atoms with Crippen LogP contribution in [0.1, 0.15) is 12.5 Å². The molecule has 0 saturated heterocycles. The normalized spacial score (nSPS) is 13.2. The summed E-state index contributed by atoms with van der Waals surface area (Å²) in [7, 11) is -8.66. The Morgan fingerprint density at radius 2 is 1.34 bits per heavy atom. The van der Waals surface area contributed by atoms with Gasteiger partial charge in [-0.15, -0.1) is 0 Å². The minimum absolute atomic E-state index is 0.0739. The summed E-state index contributed by atoms with van der Waals surface area (Å²) in [5.74, 6) is -2.83. The highest BCUT2D eigenvalue weighted by molar-refractivity contribution is 7.89. The van der Waals surface area contributed by atoms with Crippen molar-refractivity contribution in [2.75, 3.05) is 6.61 Å². The Morgan fingerprint density at radius 1 is 0.774 bits per heavy atom. The quantitative estimate of drug-likeness (QED) is 0.0483. The van der Waals surface area contributed by atoms with Crippen LogP contribution < -0.4 is 35.9 Å². The van der Waals surface area contributed by atoms with E-state index in [1.165, 1.54) is 13.0 Å². The lowest BCUT2D eigenvalue weighted by Crippen LogP contribution is -2.55. The second-order valence-electron chi connectivity index (χ2n) is 11.8. The molecule has 8 N–H and O–H groups in total. The molecule has 0 aliphatic heterocycles. The van der Waals surface area contributed by atoms with Crippen LogP contribution in [0.5, 0.6) is 11.5 Å². The van der Waals surface area contributed by atoms with Gasteiger partial charge in [-0.25, -0.2) is 18.0 Å². The van der Waals surface area contributed by atoms with Gasteiger partial charge in [0.25, 0.3) is 0 Å². The predicted molar refractivity (Wildman–Crippen MR) is 202 cm³/mol. The van der Waals surface area contributed by atoms with E-state index in [0.29, 0.717) is 22.0 Å². The van der Waals surface area contributed by atoms with Crippen molar-refractivity contribution in [3.05, 3.63) is 133 Å². The Morgan fingerprint density at radius 3 is 1.92 bits per heavy atom. The number of amides is 2. The molecule has 0 saturated carbocycles. The summed E-state index contributed by atoms with van der Waals surface area (Å²) in [6.45, 7) is 0.441. The first-order chi connectivity index (χ1) is 25.4. The fraction of sp³-hybridized carbons (Fsp3) is 0.162. The topological polar surface area (TPSA) is 225 Å². The van der Waals surface area contributed by atoms with Crippen molar-refractivity contribution in [1.82, 2.24) is 15.4 Å². The molecule has 3 atom stereocenters. The maximum atomic E-state index is 14.9. The molecule has 0 aliphatic carbocycles. The third-order valence-electron chi connectivity index (χ3n) is 7.85. The maximum Gasteiger partial charge on any atom is 0.453 e. The molecule has 0 heterocycles. The number of nitrogens with two attached hydrogens (primary N) is 2. The van der Waals surface area contributed by atoms with Crippen molar-refractivity contribution in [3.63, 3.8) is 0 Å². The molecule has 5 aromatic carbocycles. The van der Waals surface area contributed by atoms with Gasteiger partial charge in [0, 0.05) is 11.8 Å². The number of guanidine groups is 1. The number of sulfonamides is 1. The minimum Gasteiger partial charge on any atom is -0.415 e. The van der Waals surface area contributed by atoms with Crippen LogP contribution in [-0.2, 0) is 30.6 Å². The molecular weight excluding hydrogens is 719 g/mol. The highest BCUT2D eigenvalue weighted by Crippen LogP contribution is 2.53. The zero-order valence-electron chi connectivity index (χ0n) is 28.5. The Bertz CT molecular complexity index is 2170. The van der Waals surface area contributed by atoms with Crippen LogP contribution >= 0.6 is 7.60 Å². The van der Waals surface area contributed by atoms with E-state index in [1.54, 1.807) is 121 Å². The first kappa shape index (κ1) is 38.5. The van der Waals surface area contributed by atoms with E-state index in [4.69, 9.17) is 20.5 Å². The van der Waals surface area contributed by atoms with E-state index in [-0.39, 0.29) is 28.8 Å². The van der Waals surface area contributed by atoms with Crippen LogP contribution in [0.4, 0.5) is 5.69 Å². The SMILES string of the molecule is C[C@H](NC(=O)[C@@H](CO)NS(=O)(=O)c1cccc2ccccc12)C(=O)NC(Cc1ccc(N=C(N)N)cc1)P(=O)(Oc1ccccc1)Oc1ccccc1. The average Bonchev–Trinajstić information content (AvgIpc) is 3.14. The lowest BCUT2D eigenvalue weighted by Gasteiger charge is -2.29. The third-order valence-corrected chi connectivity index (χ3v) is 11.4. The number of nitrogens with zero attached hydrogens (tertiary/aromatic N) is 1. The lowest BCUT2D eigenvalue weighted by molar-refractivity contribution is -0.130. The first-order valence-electron chi connectivity index (χ1n) is 16.4. The number of carbonyl (C=O) groups is 2. The van der Waals surface area contributed by atoms with Gasteiger partial charge in [-0.3, -0.25) is 9.59 Å². The number of fused-ring (bicyclic) bond motifs is 1. The number of para-hydroxylation sites is 2. The zero-order valence-corrected chi connectivity index (χ0v) is 30.2. The highest BCUT2D eigenvalue weighted by atomic mass is 32.2. The Balaban J connectivity index is 1.39. The van der Waals surface area contributed by atoms with Crippen molar-refractivity contribution < 1.29 is 36.7 Å². The van der Waals surface area contributed by atoms with Gasteiger partial charge in [-0.1, -0.05) is 84.9 Å². The molecule has 16 heteroatoms. The Hall–Kier alpha value is -5.73. The molecule has 5 aromatic rings. The van der Waals surface area contributed by atoms with Gasteiger partial charge in [0.15, 0.2) is 11.7 Å². The van der Waals surface area contributed by atoms with E-state index in [2.05, 4.69) is 20.3 Å². The standard InChI is InChI=1S/C37H39N6O8PS/c1-25(40-36(46)32(24-44)43-53(48,49)33-18-10-12-27-11-8-9-17-31(27)33)35(45)42-34(23-26-19-21-28(22-20-26)41-37(38)39)52(47,50-29-13-4-2-5-14-29)51-30-15-6-3-7-16-30/h2-22,25,32,34,43-44H,23-24H2,1H3,(H,40,46)(H,42,45)(H4,38,39,41)/t25-,32+,34?/m0/s1. The third kappa shape index (κ3) is 10.2. The summed E-state index contributed by atoms with van der Waals surface area (Å²) >= 11 is 0.